The molecule has 0 amide bonds. The zero-order valence-electron chi connectivity index (χ0n) is 8.79. The van der Waals surface area contributed by atoms with Crippen LogP contribution in [0.1, 0.15) is 5.56 Å². The number of hydrogen-bond acceptors (Lipinski definition) is 4. The molecule has 0 saturated carbocycles. The molecule has 0 aliphatic heterocycles. The molecule has 0 bridgehead atoms. The summed E-state index contributed by atoms with van der Waals surface area (Å²) in [7, 11) is -0.857. The molecule has 1 rings (SSSR count). The van der Waals surface area contributed by atoms with Crippen molar-refractivity contribution in [1.29, 1.82) is 0 Å². The Morgan fingerprint density at radius 1 is 1.27 bits per heavy atom. The van der Waals surface area contributed by atoms with E-state index in [0.717, 1.165) is 5.56 Å². The van der Waals surface area contributed by atoms with Crippen LogP contribution in [0.25, 0.3) is 0 Å². The number of rotatable bonds is 5. The van der Waals surface area contributed by atoms with Gasteiger partial charge >= 0.3 is 7.60 Å². The van der Waals surface area contributed by atoms with Gasteiger partial charge in [-0.05, 0) is 5.56 Å². The van der Waals surface area contributed by atoms with Crippen molar-refractivity contribution < 1.29 is 18.7 Å². The lowest BCUT2D eigenvalue weighted by atomic mass is 10.2. The van der Waals surface area contributed by atoms with Crippen LogP contribution in [0.2, 0.25) is 0 Å². The quantitative estimate of drug-likeness (QED) is 0.786. The molecule has 84 valence electrons. The van der Waals surface area contributed by atoms with Crippen molar-refractivity contribution in [3.63, 3.8) is 0 Å². The Morgan fingerprint density at radius 2 is 1.80 bits per heavy atom. The fourth-order valence-corrected chi connectivity index (χ4v) is 2.32. The van der Waals surface area contributed by atoms with Crippen molar-refractivity contribution >= 4 is 7.60 Å². The van der Waals surface area contributed by atoms with E-state index in [1.165, 1.54) is 14.2 Å². The van der Waals surface area contributed by atoms with E-state index in [-0.39, 0.29) is 6.42 Å². The normalized spacial score (nSPS) is 13.8. The minimum atomic E-state index is -3.38. The van der Waals surface area contributed by atoms with Crippen molar-refractivity contribution in [2.45, 2.75) is 12.3 Å². The lowest BCUT2D eigenvalue weighted by Gasteiger charge is -2.19. The Labute approximate surface area is 89.4 Å². The molecule has 0 heterocycles. The Hall–Kier alpha value is -0.670. The fourth-order valence-electron chi connectivity index (χ4n) is 1.25. The number of aliphatic hydroxyl groups excluding tert-OH is 1. The maximum Gasteiger partial charge on any atom is 0.358 e. The van der Waals surface area contributed by atoms with Gasteiger partial charge < -0.3 is 14.2 Å². The van der Waals surface area contributed by atoms with Gasteiger partial charge in [0.05, 0.1) is 0 Å². The number of hydrogen-bond donors (Lipinski definition) is 1. The minimum Gasteiger partial charge on any atom is -0.380 e. The highest BCUT2D eigenvalue weighted by Crippen LogP contribution is 2.51. The molecule has 4 nitrogen and oxygen atoms in total. The van der Waals surface area contributed by atoms with Gasteiger partial charge in [0.25, 0.3) is 0 Å². The third-order valence-corrected chi connectivity index (χ3v) is 4.07. The van der Waals surface area contributed by atoms with Crippen LogP contribution in [0.3, 0.4) is 0 Å². The molecule has 5 heteroatoms. The maximum absolute atomic E-state index is 11.8. The Morgan fingerprint density at radius 3 is 2.27 bits per heavy atom. The summed E-state index contributed by atoms with van der Waals surface area (Å²) in [6.45, 7) is 0. The van der Waals surface area contributed by atoms with Crippen molar-refractivity contribution in [3.05, 3.63) is 35.9 Å². The number of benzene rings is 1. The summed E-state index contributed by atoms with van der Waals surface area (Å²) >= 11 is 0. The van der Waals surface area contributed by atoms with Crippen LogP contribution < -0.4 is 0 Å². The van der Waals surface area contributed by atoms with E-state index in [1.807, 2.05) is 30.3 Å². The monoisotopic (exact) mass is 230 g/mol. The molecule has 0 aliphatic rings. The molecule has 1 aromatic rings. The first kappa shape index (κ1) is 12.4. The molecular formula is C10H15O4P. The van der Waals surface area contributed by atoms with E-state index in [9.17, 15) is 9.67 Å². The molecule has 1 unspecified atom stereocenters. The van der Waals surface area contributed by atoms with Crippen LogP contribution in [0.4, 0.5) is 0 Å². The highest BCUT2D eigenvalue weighted by Gasteiger charge is 2.32. The first-order valence-corrected chi connectivity index (χ1v) is 6.16. The summed E-state index contributed by atoms with van der Waals surface area (Å²) in [6, 6.07) is 9.28. The molecule has 0 aliphatic carbocycles. The van der Waals surface area contributed by atoms with Crippen LogP contribution in [0.15, 0.2) is 30.3 Å². The van der Waals surface area contributed by atoms with Gasteiger partial charge in [0.1, 0.15) is 0 Å². The van der Waals surface area contributed by atoms with Gasteiger partial charge in [-0.3, -0.25) is 4.57 Å². The first-order chi connectivity index (χ1) is 7.12. The Kier molecular flexibility index (Phi) is 4.48. The van der Waals surface area contributed by atoms with Gasteiger partial charge in [-0.15, -0.1) is 0 Å². The third-order valence-electron chi connectivity index (χ3n) is 2.14. The van der Waals surface area contributed by atoms with E-state index >= 15 is 0 Å². The highest BCUT2D eigenvalue weighted by molar-refractivity contribution is 7.54. The lowest BCUT2D eigenvalue weighted by Crippen LogP contribution is -2.13. The predicted molar refractivity (Wildman–Crippen MR) is 57.8 cm³/mol. The van der Waals surface area contributed by atoms with Crippen LogP contribution >= 0.6 is 7.60 Å². The molecule has 0 aromatic heterocycles. The second-order valence-electron chi connectivity index (χ2n) is 3.08. The zero-order valence-corrected chi connectivity index (χ0v) is 9.68. The van der Waals surface area contributed by atoms with Crippen LogP contribution in [0.5, 0.6) is 0 Å². The second kappa shape index (κ2) is 5.42. The molecule has 15 heavy (non-hydrogen) atoms. The summed E-state index contributed by atoms with van der Waals surface area (Å²) in [6.07, 6.45) is 0.250. The summed E-state index contributed by atoms with van der Waals surface area (Å²) in [5, 5.41) is 9.71. The fraction of sp³-hybridized carbons (Fsp3) is 0.400. The van der Waals surface area contributed by atoms with Gasteiger partial charge in [0.2, 0.25) is 0 Å². The molecule has 0 spiro atoms. The van der Waals surface area contributed by atoms with Crippen LogP contribution in [0, 0.1) is 0 Å². The van der Waals surface area contributed by atoms with Gasteiger partial charge in [0.15, 0.2) is 5.85 Å². The van der Waals surface area contributed by atoms with Gasteiger partial charge in [-0.1, -0.05) is 30.3 Å². The van der Waals surface area contributed by atoms with Crippen LogP contribution in [-0.2, 0) is 20.0 Å². The molecule has 0 fully saturated rings. The molecule has 0 saturated heterocycles. The Bertz CT molecular complexity index is 331. The molecule has 1 N–H and O–H groups in total. The molecular weight excluding hydrogens is 215 g/mol. The van der Waals surface area contributed by atoms with E-state index in [4.69, 9.17) is 9.05 Å². The largest absolute Gasteiger partial charge is 0.380 e. The van der Waals surface area contributed by atoms with E-state index in [0.29, 0.717) is 0 Å². The predicted octanol–water partition coefficient (Wildman–Crippen LogP) is 2.03. The summed E-state index contributed by atoms with van der Waals surface area (Å²) in [5.74, 6) is -1.13. The van der Waals surface area contributed by atoms with Crippen LogP contribution in [-0.4, -0.2) is 25.2 Å². The first-order valence-electron chi connectivity index (χ1n) is 4.55. The highest BCUT2D eigenvalue weighted by atomic mass is 31.2. The standard InChI is InChI=1S/C10H15O4P/c1-13-15(12,14-2)10(11)8-9-6-4-3-5-7-9/h3-7,10-11H,8H2,1-2H3. The van der Waals surface area contributed by atoms with Gasteiger partial charge in [-0.2, -0.15) is 0 Å². The number of aliphatic hydroxyl groups is 1. The van der Waals surface area contributed by atoms with Gasteiger partial charge in [-0.25, -0.2) is 0 Å². The molecule has 0 radical (unpaired) electrons. The maximum atomic E-state index is 11.8. The van der Waals surface area contributed by atoms with Crippen molar-refractivity contribution in [3.8, 4) is 0 Å². The summed E-state index contributed by atoms with van der Waals surface area (Å²) in [5.41, 5.74) is 0.888. The minimum absolute atomic E-state index is 0.250. The topological polar surface area (TPSA) is 55.8 Å². The summed E-state index contributed by atoms with van der Waals surface area (Å²) in [4.78, 5) is 0. The third kappa shape index (κ3) is 3.14. The Balaban J connectivity index is 2.71. The zero-order chi connectivity index (χ0) is 11.3. The van der Waals surface area contributed by atoms with E-state index in [2.05, 4.69) is 0 Å². The van der Waals surface area contributed by atoms with Crippen molar-refractivity contribution in [2.24, 2.45) is 0 Å². The van der Waals surface area contributed by atoms with Gasteiger partial charge in [0, 0.05) is 20.6 Å². The molecule has 1 atom stereocenters. The average molecular weight is 230 g/mol. The smallest absolute Gasteiger partial charge is 0.358 e. The van der Waals surface area contributed by atoms with Crippen molar-refractivity contribution in [2.75, 3.05) is 14.2 Å². The molecule has 1 aromatic carbocycles. The second-order valence-corrected chi connectivity index (χ2v) is 5.48. The lowest BCUT2D eigenvalue weighted by molar-refractivity contribution is 0.174. The summed E-state index contributed by atoms with van der Waals surface area (Å²) < 4.78 is 21.2. The van der Waals surface area contributed by atoms with Crippen molar-refractivity contribution in [1.82, 2.24) is 0 Å². The SMILES string of the molecule is COP(=O)(OC)C(O)Cc1ccccc1. The van der Waals surface area contributed by atoms with E-state index < -0.39 is 13.4 Å². The average Bonchev–Trinajstić information content (AvgIpc) is 2.29. The van der Waals surface area contributed by atoms with E-state index in [1.54, 1.807) is 0 Å².